The van der Waals surface area contributed by atoms with E-state index in [0.29, 0.717) is 23.7 Å². The van der Waals surface area contributed by atoms with Crippen molar-refractivity contribution in [3.63, 3.8) is 0 Å². The van der Waals surface area contributed by atoms with Crippen molar-refractivity contribution >= 4 is 45.7 Å². The van der Waals surface area contributed by atoms with Crippen molar-refractivity contribution in [3.8, 4) is 0 Å². The number of aliphatic hydroxyl groups is 1. The molecule has 1 unspecified atom stereocenters. The van der Waals surface area contributed by atoms with Gasteiger partial charge < -0.3 is 5.11 Å². The second kappa shape index (κ2) is 9.60. The van der Waals surface area contributed by atoms with Crippen molar-refractivity contribution in [1.82, 2.24) is 0 Å². The molecule has 10 atom stereocenters. The summed E-state index contributed by atoms with van der Waals surface area (Å²) in [6, 6.07) is 7.04. The van der Waals surface area contributed by atoms with Gasteiger partial charge >= 0.3 is 0 Å². The molecule has 4 fully saturated rings. The Morgan fingerprint density at radius 3 is 2.54 bits per heavy atom. The fourth-order valence-electron chi connectivity index (χ4n) is 9.35. The van der Waals surface area contributed by atoms with Crippen LogP contribution >= 0.6 is 23.4 Å². The summed E-state index contributed by atoms with van der Waals surface area (Å²) in [6.07, 6.45) is -1.52. The quantitative estimate of drug-likeness (QED) is 0.470. The fraction of sp³-hybridized carbons (Fsp3) is 0.645. The summed E-state index contributed by atoms with van der Waals surface area (Å²) in [7, 11) is 0. The maximum Gasteiger partial charge on any atom is 0.224 e. The normalized spacial score (nSPS) is 44.9. The SMILES string of the molecule is CC(=O)CSC(=O)[C@@]12ON(c3ccc(Cl)cc3)C[C@@H]1C[C@H]1[C@@H]3C[C@H](F)C4=CC(=O)CC(C)[C@]4(C)[C@@]3(F)[C@@H](O)C[C@@]12C. The van der Waals surface area contributed by atoms with E-state index in [0.717, 1.165) is 11.8 Å². The molecule has 1 N–H and O–H groups in total. The van der Waals surface area contributed by atoms with Gasteiger partial charge in [0.1, 0.15) is 17.6 Å². The van der Waals surface area contributed by atoms with Crippen molar-refractivity contribution in [2.75, 3.05) is 17.4 Å². The number of hydrogen-bond donors (Lipinski definition) is 1. The van der Waals surface area contributed by atoms with E-state index in [1.165, 1.54) is 13.0 Å². The number of rotatable bonds is 4. The number of aliphatic hydroxyl groups excluding tert-OH is 1. The van der Waals surface area contributed by atoms with Crippen LogP contribution in [0.3, 0.4) is 0 Å². The second-order valence-corrected chi connectivity index (χ2v) is 14.7. The van der Waals surface area contributed by atoms with Gasteiger partial charge in [0.2, 0.25) is 5.12 Å². The van der Waals surface area contributed by atoms with Crippen molar-refractivity contribution in [2.24, 2.45) is 34.5 Å². The Balaban J connectivity index is 1.45. The summed E-state index contributed by atoms with van der Waals surface area (Å²) in [5.41, 5.74) is -5.18. The predicted molar refractivity (Wildman–Crippen MR) is 153 cm³/mol. The average Bonchev–Trinajstić information content (AvgIpc) is 3.40. The lowest BCUT2D eigenvalue weighted by atomic mass is 9.42. The zero-order valence-corrected chi connectivity index (χ0v) is 25.2. The standard InChI is InChI=1S/C31H36ClF2NO5S/c1-16-9-21(37)11-24-25(33)12-23-22-10-18-14-35(20-7-5-19(32)6-8-20)40-31(18,27(39)41-15-17(2)36)28(22,3)13-26(38)30(23,34)29(16,24)4/h5-8,11,16,18,22-23,25-26,38H,9-10,12-15H2,1-4H3/t16?,18-,22-,23-,25-,26-,28-,29-,30-,31-/m0/s1. The Morgan fingerprint density at radius 1 is 1.20 bits per heavy atom. The van der Waals surface area contributed by atoms with Crippen LogP contribution in [0.5, 0.6) is 0 Å². The summed E-state index contributed by atoms with van der Waals surface area (Å²) in [6.45, 7) is 7.05. The summed E-state index contributed by atoms with van der Waals surface area (Å²) in [5.74, 6) is -2.62. The molecule has 0 radical (unpaired) electrons. The molecule has 10 heteroatoms. The number of Topliss-reactive ketones (excluding diaryl/α,β-unsaturated/α-hetero) is 1. The number of carbonyl (C=O) groups is 3. The summed E-state index contributed by atoms with van der Waals surface area (Å²) >= 11 is 6.99. The first kappa shape index (κ1) is 29.3. The van der Waals surface area contributed by atoms with Crippen LogP contribution in [0.2, 0.25) is 5.02 Å². The Hall–Kier alpha value is -1.81. The molecule has 41 heavy (non-hydrogen) atoms. The molecule has 3 saturated carbocycles. The Kier molecular flexibility index (Phi) is 6.85. The predicted octanol–water partition coefficient (Wildman–Crippen LogP) is 5.69. The number of alkyl halides is 2. The highest BCUT2D eigenvalue weighted by Gasteiger charge is 2.80. The van der Waals surface area contributed by atoms with Crippen LogP contribution in [0, 0.1) is 34.5 Å². The number of hydrogen-bond acceptors (Lipinski definition) is 7. The number of thioether (sulfide) groups is 1. The molecule has 4 aliphatic carbocycles. The average molecular weight is 608 g/mol. The molecule has 1 aliphatic heterocycles. The number of allylic oxidation sites excluding steroid dienone is 1. The van der Waals surface area contributed by atoms with Crippen LogP contribution in [0.4, 0.5) is 14.5 Å². The highest BCUT2D eigenvalue weighted by atomic mass is 35.5. The summed E-state index contributed by atoms with van der Waals surface area (Å²) in [5, 5.41) is 13.7. The van der Waals surface area contributed by atoms with Crippen molar-refractivity contribution in [3.05, 3.63) is 40.9 Å². The van der Waals surface area contributed by atoms with Gasteiger partial charge in [-0.3, -0.25) is 24.3 Å². The molecule has 0 spiro atoms. The molecular weight excluding hydrogens is 572 g/mol. The first-order valence-electron chi connectivity index (χ1n) is 14.3. The van der Waals surface area contributed by atoms with Crippen LogP contribution in [-0.2, 0) is 19.2 Å². The third-order valence-corrected chi connectivity index (χ3v) is 12.7. The van der Waals surface area contributed by atoms with E-state index in [1.807, 2.05) is 6.92 Å². The Morgan fingerprint density at radius 2 is 1.88 bits per heavy atom. The minimum atomic E-state index is -2.18. The lowest BCUT2D eigenvalue weighted by molar-refractivity contribution is -0.241. The molecular formula is C31H36ClF2NO5S. The number of hydroxylamine groups is 1. The molecule has 1 aromatic carbocycles. The Labute approximate surface area is 248 Å². The molecule has 6 rings (SSSR count). The number of fused-ring (bicyclic) bond motifs is 7. The minimum Gasteiger partial charge on any atom is -0.390 e. The third-order valence-electron chi connectivity index (χ3n) is 11.4. The zero-order valence-electron chi connectivity index (χ0n) is 23.7. The lowest BCUT2D eigenvalue weighted by Gasteiger charge is -2.65. The molecule has 0 amide bonds. The van der Waals surface area contributed by atoms with E-state index >= 15 is 8.78 Å². The van der Waals surface area contributed by atoms with Crippen molar-refractivity contribution in [1.29, 1.82) is 0 Å². The van der Waals surface area contributed by atoms with Crippen LogP contribution in [0.15, 0.2) is 35.9 Å². The number of halogens is 3. The van der Waals surface area contributed by atoms with E-state index < -0.39 is 52.1 Å². The van der Waals surface area contributed by atoms with Gasteiger partial charge in [-0.05, 0) is 73.9 Å². The van der Waals surface area contributed by atoms with E-state index in [1.54, 1.807) is 43.2 Å². The highest BCUT2D eigenvalue weighted by molar-refractivity contribution is 8.14. The maximum absolute atomic E-state index is 17.9. The molecule has 6 nitrogen and oxygen atoms in total. The number of carbonyl (C=O) groups excluding carboxylic acids is 3. The molecule has 5 aliphatic rings. The topological polar surface area (TPSA) is 83.9 Å². The molecule has 222 valence electrons. The third kappa shape index (κ3) is 3.77. The van der Waals surface area contributed by atoms with Gasteiger partial charge in [-0.15, -0.1) is 0 Å². The first-order valence-corrected chi connectivity index (χ1v) is 15.7. The van der Waals surface area contributed by atoms with E-state index in [4.69, 9.17) is 16.4 Å². The van der Waals surface area contributed by atoms with Gasteiger partial charge in [0.25, 0.3) is 0 Å². The van der Waals surface area contributed by atoms with Gasteiger partial charge in [0, 0.05) is 34.1 Å². The number of benzene rings is 1. The smallest absolute Gasteiger partial charge is 0.224 e. The molecule has 0 bridgehead atoms. The van der Waals surface area contributed by atoms with Crippen LogP contribution in [0.1, 0.15) is 53.4 Å². The van der Waals surface area contributed by atoms with Gasteiger partial charge in [-0.1, -0.05) is 44.1 Å². The van der Waals surface area contributed by atoms with Gasteiger partial charge in [-0.25, -0.2) is 8.78 Å². The van der Waals surface area contributed by atoms with Crippen molar-refractivity contribution in [2.45, 2.75) is 76.9 Å². The second-order valence-electron chi connectivity index (χ2n) is 13.3. The van der Waals surface area contributed by atoms with Gasteiger partial charge in [0.05, 0.1) is 24.1 Å². The van der Waals surface area contributed by atoms with Gasteiger partial charge in [-0.2, -0.15) is 0 Å². The lowest BCUT2D eigenvalue weighted by Crippen LogP contribution is -2.72. The van der Waals surface area contributed by atoms with E-state index in [-0.39, 0.29) is 53.2 Å². The minimum absolute atomic E-state index is 0.0261. The molecule has 1 heterocycles. The number of nitrogens with zero attached hydrogens (tertiary/aromatic N) is 1. The van der Waals surface area contributed by atoms with Gasteiger partial charge in [0.15, 0.2) is 11.4 Å². The summed E-state index contributed by atoms with van der Waals surface area (Å²) < 4.78 is 33.9. The number of ketones is 2. The maximum atomic E-state index is 17.9. The van der Waals surface area contributed by atoms with Crippen molar-refractivity contribution < 1.29 is 33.1 Å². The largest absolute Gasteiger partial charge is 0.390 e. The zero-order chi connectivity index (χ0) is 29.7. The monoisotopic (exact) mass is 607 g/mol. The van der Waals surface area contributed by atoms with Crippen LogP contribution in [0.25, 0.3) is 0 Å². The van der Waals surface area contributed by atoms with Crippen LogP contribution < -0.4 is 5.06 Å². The van der Waals surface area contributed by atoms with E-state index in [9.17, 15) is 19.5 Å². The van der Waals surface area contributed by atoms with E-state index in [2.05, 4.69) is 0 Å². The highest BCUT2D eigenvalue weighted by Crippen LogP contribution is 2.74. The molecule has 0 aromatic heterocycles. The Bertz CT molecular complexity index is 1340. The molecule has 1 aromatic rings. The van der Waals surface area contributed by atoms with Crippen LogP contribution in [-0.4, -0.2) is 57.6 Å². The molecule has 1 saturated heterocycles. The summed E-state index contributed by atoms with van der Waals surface area (Å²) in [4.78, 5) is 45.1. The fourth-order valence-corrected chi connectivity index (χ4v) is 10.5. The first-order chi connectivity index (χ1) is 19.2. The number of anilines is 1.